The van der Waals surface area contributed by atoms with Gasteiger partial charge in [-0.15, -0.1) is 12.4 Å². The number of rotatable bonds is 7. The summed E-state index contributed by atoms with van der Waals surface area (Å²) in [5.74, 6) is -0.146. The Morgan fingerprint density at radius 3 is 2.36 bits per heavy atom. The Morgan fingerprint density at radius 1 is 1.08 bits per heavy atom. The van der Waals surface area contributed by atoms with E-state index in [0.717, 1.165) is 25.1 Å². The highest BCUT2D eigenvalue weighted by molar-refractivity contribution is 5.97. The van der Waals surface area contributed by atoms with E-state index in [1.165, 1.54) is 0 Å². The second-order valence-corrected chi connectivity index (χ2v) is 6.86. The van der Waals surface area contributed by atoms with Gasteiger partial charge in [0, 0.05) is 29.9 Å². The minimum absolute atomic E-state index is 0. The van der Waals surface area contributed by atoms with Crippen molar-refractivity contribution in [1.82, 2.24) is 16.0 Å². The maximum Gasteiger partial charge on any atom is 0.319 e. The number of benzene rings is 1. The molecule has 0 aliphatic rings. The Labute approximate surface area is 156 Å². The molecule has 0 heterocycles. The fourth-order valence-electron chi connectivity index (χ4n) is 2.06. The first kappa shape index (κ1) is 23.2. The fourth-order valence-corrected chi connectivity index (χ4v) is 2.06. The monoisotopic (exact) mass is 370 g/mol. The van der Waals surface area contributed by atoms with Crippen molar-refractivity contribution in [2.75, 3.05) is 25.0 Å². The second-order valence-electron chi connectivity index (χ2n) is 6.86. The molecule has 6 nitrogen and oxygen atoms in total. The van der Waals surface area contributed by atoms with Crippen LogP contribution in [-0.2, 0) is 0 Å². The van der Waals surface area contributed by atoms with E-state index in [9.17, 15) is 9.59 Å². The Kier molecular flexibility index (Phi) is 10.2. The van der Waals surface area contributed by atoms with Crippen molar-refractivity contribution in [2.24, 2.45) is 0 Å². The molecule has 1 aromatic carbocycles. The Bertz CT molecular complexity index is 571. The number of carbonyl (C=O) groups is 2. The lowest BCUT2D eigenvalue weighted by atomic mass is 10.1. The third-order valence-corrected chi connectivity index (χ3v) is 3.25. The third kappa shape index (κ3) is 9.31. The number of aryl methyl sites for hydroxylation is 1. The number of urea groups is 1. The first-order valence-corrected chi connectivity index (χ1v) is 8.41. The molecule has 25 heavy (non-hydrogen) atoms. The Hall–Kier alpha value is -1.79. The van der Waals surface area contributed by atoms with Crippen molar-refractivity contribution in [3.63, 3.8) is 0 Å². The van der Waals surface area contributed by atoms with E-state index in [-0.39, 0.29) is 29.9 Å². The summed E-state index contributed by atoms with van der Waals surface area (Å²) in [7, 11) is 0. The van der Waals surface area contributed by atoms with Gasteiger partial charge in [0.1, 0.15) is 0 Å². The summed E-state index contributed by atoms with van der Waals surface area (Å²) >= 11 is 0. The van der Waals surface area contributed by atoms with Crippen molar-refractivity contribution >= 4 is 30.0 Å². The molecule has 7 heteroatoms. The predicted octanol–water partition coefficient (Wildman–Crippen LogP) is 3.07. The standard InChI is InChI=1S/C18H30N4O2.ClH/c1-6-9-19-10-11-20-16(23)14-8-7-13(2)15(12-14)21-17(24)22-18(3,4)5;/h7-8,12,19H,6,9-11H2,1-5H3,(H,20,23)(H2,21,22,24);1H. The summed E-state index contributed by atoms with van der Waals surface area (Å²) in [5.41, 5.74) is 1.74. The molecule has 3 amide bonds. The van der Waals surface area contributed by atoms with Gasteiger partial charge in [0.15, 0.2) is 0 Å². The number of amides is 3. The lowest BCUT2D eigenvalue weighted by Gasteiger charge is -2.21. The van der Waals surface area contributed by atoms with Crippen molar-refractivity contribution in [3.8, 4) is 0 Å². The summed E-state index contributed by atoms with van der Waals surface area (Å²) in [6.07, 6.45) is 1.07. The smallest absolute Gasteiger partial charge is 0.319 e. The van der Waals surface area contributed by atoms with Crippen LogP contribution in [0.1, 0.15) is 50.0 Å². The lowest BCUT2D eigenvalue weighted by molar-refractivity contribution is 0.0954. The molecule has 0 aliphatic heterocycles. The summed E-state index contributed by atoms with van der Waals surface area (Å²) in [4.78, 5) is 24.2. The van der Waals surface area contributed by atoms with E-state index in [0.29, 0.717) is 17.8 Å². The maximum atomic E-state index is 12.2. The van der Waals surface area contributed by atoms with Crippen molar-refractivity contribution in [2.45, 2.75) is 46.6 Å². The first-order chi connectivity index (χ1) is 11.2. The van der Waals surface area contributed by atoms with Crippen LogP contribution >= 0.6 is 12.4 Å². The summed E-state index contributed by atoms with van der Waals surface area (Å²) in [5, 5.41) is 11.7. The largest absolute Gasteiger partial charge is 0.351 e. The highest BCUT2D eigenvalue weighted by atomic mass is 35.5. The normalized spacial score (nSPS) is 10.6. The molecule has 0 bridgehead atoms. The van der Waals surface area contributed by atoms with Crippen molar-refractivity contribution in [3.05, 3.63) is 29.3 Å². The van der Waals surface area contributed by atoms with Gasteiger partial charge >= 0.3 is 6.03 Å². The number of hydrogen-bond donors (Lipinski definition) is 4. The SMILES string of the molecule is CCCNCCNC(=O)c1ccc(C)c(NC(=O)NC(C)(C)C)c1.Cl. The molecule has 0 saturated carbocycles. The number of halogens is 1. The molecule has 1 aromatic rings. The molecule has 0 atom stereocenters. The van der Waals surface area contributed by atoms with Gasteiger partial charge in [-0.25, -0.2) is 4.79 Å². The average molecular weight is 371 g/mol. The molecule has 0 aliphatic carbocycles. The highest BCUT2D eigenvalue weighted by Gasteiger charge is 2.15. The molecule has 0 unspecified atom stereocenters. The molecule has 0 radical (unpaired) electrons. The van der Waals surface area contributed by atoms with Crippen LogP contribution in [0.15, 0.2) is 18.2 Å². The quantitative estimate of drug-likeness (QED) is 0.557. The average Bonchev–Trinajstić information content (AvgIpc) is 2.47. The van der Waals surface area contributed by atoms with Crippen LogP contribution in [-0.4, -0.2) is 37.1 Å². The van der Waals surface area contributed by atoms with Crippen LogP contribution in [0, 0.1) is 6.92 Å². The van der Waals surface area contributed by atoms with Gasteiger partial charge < -0.3 is 21.3 Å². The molecule has 4 N–H and O–H groups in total. The fraction of sp³-hybridized carbons (Fsp3) is 0.556. The molecule has 0 saturated heterocycles. The van der Waals surface area contributed by atoms with Gasteiger partial charge in [0.2, 0.25) is 0 Å². The van der Waals surface area contributed by atoms with Gasteiger partial charge in [0.05, 0.1) is 0 Å². The van der Waals surface area contributed by atoms with Gasteiger partial charge in [-0.05, 0) is 58.4 Å². The molecule has 0 spiro atoms. The Morgan fingerprint density at radius 2 is 1.76 bits per heavy atom. The van der Waals surface area contributed by atoms with Crippen LogP contribution in [0.4, 0.5) is 10.5 Å². The zero-order valence-electron chi connectivity index (χ0n) is 15.8. The van der Waals surface area contributed by atoms with Crippen LogP contribution < -0.4 is 21.3 Å². The van der Waals surface area contributed by atoms with E-state index in [2.05, 4.69) is 28.2 Å². The predicted molar refractivity (Wildman–Crippen MR) is 106 cm³/mol. The van der Waals surface area contributed by atoms with E-state index >= 15 is 0 Å². The van der Waals surface area contributed by atoms with E-state index in [1.807, 2.05) is 33.8 Å². The minimum Gasteiger partial charge on any atom is -0.351 e. The van der Waals surface area contributed by atoms with Crippen molar-refractivity contribution < 1.29 is 9.59 Å². The van der Waals surface area contributed by atoms with E-state index < -0.39 is 0 Å². The van der Waals surface area contributed by atoms with Crippen LogP contribution in [0.3, 0.4) is 0 Å². The van der Waals surface area contributed by atoms with E-state index in [1.54, 1.807) is 12.1 Å². The summed E-state index contributed by atoms with van der Waals surface area (Å²) in [6.45, 7) is 12.0. The third-order valence-electron chi connectivity index (χ3n) is 3.25. The van der Waals surface area contributed by atoms with Crippen molar-refractivity contribution in [1.29, 1.82) is 0 Å². The highest BCUT2D eigenvalue weighted by Crippen LogP contribution is 2.17. The number of carbonyl (C=O) groups excluding carboxylic acids is 2. The van der Waals surface area contributed by atoms with Crippen LogP contribution in [0.5, 0.6) is 0 Å². The van der Waals surface area contributed by atoms with Crippen LogP contribution in [0.25, 0.3) is 0 Å². The zero-order chi connectivity index (χ0) is 18.2. The number of hydrogen-bond acceptors (Lipinski definition) is 3. The summed E-state index contributed by atoms with van der Waals surface area (Å²) < 4.78 is 0. The first-order valence-electron chi connectivity index (χ1n) is 8.41. The molecule has 142 valence electrons. The van der Waals surface area contributed by atoms with Gasteiger partial charge in [-0.3, -0.25) is 4.79 Å². The maximum absolute atomic E-state index is 12.2. The molecule has 0 aromatic heterocycles. The zero-order valence-corrected chi connectivity index (χ0v) is 16.6. The molecule has 1 rings (SSSR count). The van der Waals surface area contributed by atoms with E-state index in [4.69, 9.17) is 0 Å². The second kappa shape index (κ2) is 10.9. The molecule has 0 fully saturated rings. The molecular formula is C18H31ClN4O2. The lowest BCUT2D eigenvalue weighted by Crippen LogP contribution is -2.43. The number of nitrogens with one attached hydrogen (secondary N) is 4. The Balaban J connectivity index is 0.00000576. The minimum atomic E-state index is -0.321. The summed E-state index contributed by atoms with van der Waals surface area (Å²) in [6, 6.07) is 5.01. The van der Waals surface area contributed by atoms with Gasteiger partial charge in [0.25, 0.3) is 5.91 Å². The number of anilines is 1. The molecular weight excluding hydrogens is 340 g/mol. The van der Waals surface area contributed by atoms with Gasteiger partial charge in [-0.1, -0.05) is 13.0 Å². The topological polar surface area (TPSA) is 82.3 Å². The van der Waals surface area contributed by atoms with Crippen LogP contribution in [0.2, 0.25) is 0 Å². The van der Waals surface area contributed by atoms with Gasteiger partial charge in [-0.2, -0.15) is 0 Å².